The third-order valence-corrected chi connectivity index (χ3v) is 4.87. The second-order valence-corrected chi connectivity index (χ2v) is 7.18. The smallest absolute Gasteiger partial charge is 0.234 e. The lowest BCUT2D eigenvalue weighted by molar-refractivity contribution is -0.113. The summed E-state index contributed by atoms with van der Waals surface area (Å²) in [7, 11) is 0. The maximum atomic E-state index is 12.0. The van der Waals surface area contributed by atoms with E-state index in [1.807, 2.05) is 49.4 Å². The van der Waals surface area contributed by atoms with Crippen LogP contribution >= 0.6 is 43.6 Å². The Morgan fingerprint density at radius 3 is 2.55 bits per heavy atom. The Hall–Kier alpha value is -0.980. The highest BCUT2D eigenvalue weighted by atomic mass is 79.9. The first kappa shape index (κ1) is 17.4. The van der Waals surface area contributed by atoms with Crippen molar-refractivity contribution in [2.24, 2.45) is 0 Å². The molecule has 1 N–H and O–H groups in total. The highest BCUT2D eigenvalue weighted by molar-refractivity contribution is 9.11. The van der Waals surface area contributed by atoms with Crippen molar-refractivity contribution in [3.63, 3.8) is 0 Å². The summed E-state index contributed by atoms with van der Waals surface area (Å²) in [5.74, 6) is 1.16. The van der Waals surface area contributed by atoms with E-state index < -0.39 is 0 Å². The quantitative estimate of drug-likeness (QED) is 0.611. The number of halogens is 2. The molecule has 0 radical (unpaired) electrons. The number of ether oxygens (including phenoxy) is 1. The summed E-state index contributed by atoms with van der Waals surface area (Å²) in [6.07, 6.45) is 0. The van der Waals surface area contributed by atoms with Crippen LogP contribution in [-0.2, 0) is 4.79 Å². The second kappa shape index (κ2) is 8.60. The molecule has 0 saturated carbocycles. The monoisotopic (exact) mass is 443 g/mol. The van der Waals surface area contributed by atoms with Gasteiger partial charge in [-0.2, -0.15) is 0 Å². The van der Waals surface area contributed by atoms with Gasteiger partial charge in [-0.25, -0.2) is 0 Å². The molecule has 0 aliphatic rings. The summed E-state index contributed by atoms with van der Waals surface area (Å²) in [4.78, 5) is 13.0. The Labute approximate surface area is 151 Å². The minimum Gasteiger partial charge on any atom is -0.494 e. The SMILES string of the molecule is CCOc1ccc(SCC(=O)Nc2ccc(Br)cc2Br)cc1. The van der Waals surface area contributed by atoms with Crippen LogP contribution in [0.4, 0.5) is 5.69 Å². The van der Waals surface area contributed by atoms with Crippen LogP contribution in [0.3, 0.4) is 0 Å². The van der Waals surface area contributed by atoms with Crippen LogP contribution in [0.5, 0.6) is 5.75 Å². The van der Waals surface area contributed by atoms with Gasteiger partial charge in [-0.1, -0.05) is 15.9 Å². The van der Waals surface area contributed by atoms with Gasteiger partial charge in [-0.15, -0.1) is 11.8 Å². The number of anilines is 1. The number of nitrogens with one attached hydrogen (secondary N) is 1. The van der Waals surface area contributed by atoms with Crippen molar-refractivity contribution in [3.8, 4) is 5.75 Å². The lowest BCUT2D eigenvalue weighted by Gasteiger charge is -2.08. The Balaban J connectivity index is 1.87. The molecule has 0 fully saturated rings. The zero-order valence-corrected chi connectivity index (χ0v) is 15.9. The van der Waals surface area contributed by atoms with Crippen molar-refractivity contribution in [1.82, 2.24) is 0 Å². The number of rotatable bonds is 6. The summed E-state index contributed by atoms with van der Waals surface area (Å²) in [6, 6.07) is 13.4. The number of carbonyl (C=O) groups excluding carboxylic acids is 1. The Bertz CT molecular complexity index is 647. The second-order valence-electron chi connectivity index (χ2n) is 4.37. The van der Waals surface area contributed by atoms with E-state index in [9.17, 15) is 4.79 Å². The Kier molecular flexibility index (Phi) is 6.79. The van der Waals surface area contributed by atoms with E-state index in [0.717, 1.165) is 25.3 Å². The van der Waals surface area contributed by atoms with Gasteiger partial charge in [0.15, 0.2) is 0 Å². The van der Waals surface area contributed by atoms with Crippen LogP contribution < -0.4 is 10.1 Å². The van der Waals surface area contributed by atoms with Crippen molar-refractivity contribution in [2.75, 3.05) is 17.7 Å². The molecule has 116 valence electrons. The Morgan fingerprint density at radius 2 is 1.91 bits per heavy atom. The van der Waals surface area contributed by atoms with Gasteiger partial charge >= 0.3 is 0 Å². The first-order chi connectivity index (χ1) is 10.6. The van der Waals surface area contributed by atoms with E-state index >= 15 is 0 Å². The van der Waals surface area contributed by atoms with Gasteiger partial charge in [-0.3, -0.25) is 4.79 Å². The number of hydrogen-bond acceptors (Lipinski definition) is 3. The lowest BCUT2D eigenvalue weighted by Crippen LogP contribution is -2.14. The minimum atomic E-state index is -0.0399. The molecule has 0 bridgehead atoms. The van der Waals surface area contributed by atoms with E-state index in [2.05, 4.69) is 37.2 Å². The van der Waals surface area contributed by atoms with Crippen molar-refractivity contribution < 1.29 is 9.53 Å². The fourth-order valence-corrected chi connectivity index (χ4v) is 3.57. The van der Waals surface area contributed by atoms with Crippen LogP contribution in [0.1, 0.15) is 6.92 Å². The number of carbonyl (C=O) groups is 1. The molecule has 0 aliphatic carbocycles. The van der Waals surface area contributed by atoms with Crippen LogP contribution in [0.2, 0.25) is 0 Å². The number of amides is 1. The standard InChI is InChI=1S/C16H15Br2NO2S/c1-2-21-12-4-6-13(7-5-12)22-10-16(20)19-15-8-3-11(17)9-14(15)18/h3-9H,2,10H2,1H3,(H,19,20). The van der Waals surface area contributed by atoms with Gasteiger partial charge in [0, 0.05) is 13.8 Å². The topological polar surface area (TPSA) is 38.3 Å². The molecule has 0 atom stereocenters. The molecule has 1 amide bonds. The third-order valence-electron chi connectivity index (χ3n) is 2.71. The summed E-state index contributed by atoms with van der Waals surface area (Å²) < 4.78 is 7.20. The summed E-state index contributed by atoms with van der Waals surface area (Å²) >= 11 is 8.30. The first-order valence-corrected chi connectivity index (χ1v) is 9.26. The largest absolute Gasteiger partial charge is 0.494 e. The molecule has 0 aromatic heterocycles. The molecule has 0 unspecified atom stereocenters. The van der Waals surface area contributed by atoms with Crippen molar-refractivity contribution in [1.29, 1.82) is 0 Å². The maximum absolute atomic E-state index is 12.0. The Morgan fingerprint density at radius 1 is 1.18 bits per heavy atom. The van der Waals surface area contributed by atoms with Crippen LogP contribution in [0, 0.1) is 0 Å². The van der Waals surface area contributed by atoms with Gasteiger partial charge in [0.2, 0.25) is 5.91 Å². The van der Waals surface area contributed by atoms with E-state index in [1.165, 1.54) is 11.8 Å². The summed E-state index contributed by atoms with van der Waals surface area (Å²) in [5.41, 5.74) is 0.764. The van der Waals surface area contributed by atoms with Gasteiger partial charge in [0.25, 0.3) is 0 Å². The van der Waals surface area contributed by atoms with E-state index in [-0.39, 0.29) is 5.91 Å². The molecule has 6 heteroatoms. The van der Waals surface area contributed by atoms with E-state index in [1.54, 1.807) is 0 Å². The van der Waals surface area contributed by atoms with Crippen LogP contribution in [-0.4, -0.2) is 18.3 Å². The maximum Gasteiger partial charge on any atom is 0.234 e. The van der Waals surface area contributed by atoms with E-state index in [4.69, 9.17) is 4.74 Å². The molecular weight excluding hydrogens is 430 g/mol. The predicted octanol–water partition coefficient (Wildman–Crippen LogP) is 5.34. The molecule has 2 rings (SSSR count). The zero-order valence-electron chi connectivity index (χ0n) is 11.9. The highest BCUT2D eigenvalue weighted by Gasteiger charge is 2.07. The lowest BCUT2D eigenvalue weighted by atomic mass is 10.3. The predicted molar refractivity (Wildman–Crippen MR) is 98.8 cm³/mol. The zero-order chi connectivity index (χ0) is 15.9. The molecule has 22 heavy (non-hydrogen) atoms. The summed E-state index contributed by atoms with van der Waals surface area (Å²) in [5, 5.41) is 2.89. The van der Waals surface area contributed by atoms with Gasteiger partial charge in [0.1, 0.15) is 5.75 Å². The molecular formula is C16H15Br2NO2S. The number of hydrogen-bond donors (Lipinski definition) is 1. The van der Waals surface area contributed by atoms with Crippen LogP contribution in [0.15, 0.2) is 56.3 Å². The summed E-state index contributed by atoms with van der Waals surface area (Å²) in [6.45, 7) is 2.60. The molecule has 0 saturated heterocycles. The van der Waals surface area contributed by atoms with Crippen molar-refractivity contribution in [2.45, 2.75) is 11.8 Å². The van der Waals surface area contributed by atoms with E-state index in [0.29, 0.717) is 12.4 Å². The van der Waals surface area contributed by atoms with Crippen molar-refractivity contribution >= 4 is 55.2 Å². The van der Waals surface area contributed by atoms with Gasteiger partial charge < -0.3 is 10.1 Å². The first-order valence-electron chi connectivity index (χ1n) is 6.69. The number of benzene rings is 2. The minimum absolute atomic E-state index is 0.0399. The number of thioether (sulfide) groups is 1. The van der Waals surface area contributed by atoms with Crippen molar-refractivity contribution in [3.05, 3.63) is 51.4 Å². The fourth-order valence-electron chi connectivity index (χ4n) is 1.72. The average molecular weight is 445 g/mol. The van der Waals surface area contributed by atoms with Crippen LogP contribution in [0.25, 0.3) is 0 Å². The molecule has 0 heterocycles. The molecule has 3 nitrogen and oxygen atoms in total. The average Bonchev–Trinajstić information content (AvgIpc) is 2.50. The highest BCUT2D eigenvalue weighted by Crippen LogP contribution is 2.27. The normalized spacial score (nSPS) is 10.3. The third kappa shape index (κ3) is 5.34. The molecule has 0 aliphatic heterocycles. The molecule has 2 aromatic rings. The fraction of sp³-hybridized carbons (Fsp3) is 0.188. The molecule has 0 spiro atoms. The van der Waals surface area contributed by atoms with Gasteiger partial charge in [0.05, 0.1) is 18.0 Å². The van der Waals surface area contributed by atoms with Gasteiger partial charge in [-0.05, 0) is 65.3 Å². The molecule has 2 aromatic carbocycles.